The van der Waals surface area contributed by atoms with E-state index in [4.69, 9.17) is 37.0 Å². The molecule has 0 heterocycles. The van der Waals surface area contributed by atoms with Gasteiger partial charge in [0.05, 0.1) is 26.4 Å². The van der Waals surface area contributed by atoms with Crippen molar-refractivity contribution in [3.63, 3.8) is 0 Å². The van der Waals surface area contributed by atoms with Crippen LogP contribution < -0.4 is 0 Å². The largest absolute Gasteiger partial charge is 0.472 e. The summed E-state index contributed by atoms with van der Waals surface area (Å²) in [6, 6.07) is 0. The van der Waals surface area contributed by atoms with Gasteiger partial charge in [-0.05, 0) is 49.4 Å². The van der Waals surface area contributed by atoms with Crippen LogP contribution in [0.3, 0.4) is 0 Å². The second-order valence-corrected chi connectivity index (χ2v) is 31.9. The molecular weight excluding hydrogens is 1230 g/mol. The third-order valence-electron chi connectivity index (χ3n) is 17.3. The molecule has 0 saturated carbocycles. The van der Waals surface area contributed by atoms with Gasteiger partial charge in [-0.1, -0.05) is 325 Å². The first kappa shape index (κ1) is 92.1. The summed E-state index contributed by atoms with van der Waals surface area (Å²) in [5.41, 5.74) is 0. The van der Waals surface area contributed by atoms with Crippen LogP contribution in [-0.4, -0.2) is 96.7 Å². The minimum absolute atomic E-state index is 0.104. The molecule has 94 heavy (non-hydrogen) atoms. The Balaban J connectivity index is 5.19. The fraction of sp³-hybridized carbons (Fsp3) is 0.947. The molecule has 0 rings (SSSR count). The van der Waals surface area contributed by atoms with Crippen LogP contribution in [0.25, 0.3) is 0 Å². The van der Waals surface area contributed by atoms with E-state index in [0.717, 1.165) is 114 Å². The van der Waals surface area contributed by atoms with Crippen molar-refractivity contribution >= 4 is 39.5 Å². The molecule has 0 aliphatic heterocycles. The first-order valence-electron chi connectivity index (χ1n) is 38.7. The van der Waals surface area contributed by atoms with Crippen molar-refractivity contribution in [3.8, 4) is 0 Å². The number of phosphoric acid groups is 2. The van der Waals surface area contributed by atoms with Crippen LogP contribution in [0.1, 0.15) is 376 Å². The average Bonchev–Trinajstić information content (AvgIpc) is 3.39. The molecule has 0 aliphatic rings. The van der Waals surface area contributed by atoms with E-state index in [9.17, 15) is 43.2 Å². The van der Waals surface area contributed by atoms with Crippen molar-refractivity contribution in [2.24, 2.45) is 23.7 Å². The van der Waals surface area contributed by atoms with Gasteiger partial charge in [-0.2, -0.15) is 0 Å². The summed E-state index contributed by atoms with van der Waals surface area (Å²) in [5.74, 6) is 0.865. The quantitative estimate of drug-likeness (QED) is 0.0222. The predicted octanol–water partition coefficient (Wildman–Crippen LogP) is 21.7. The number of aliphatic hydroxyl groups is 1. The van der Waals surface area contributed by atoms with Crippen molar-refractivity contribution in [1.82, 2.24) is 0 Å². The molecule has 0 spiro atoms. The van der Waals surface area contributed by atoms with Crippen molar-refractivity contribution < 1.29 is 80.2 Å². The Labute approximate surface area is 575 Å². The van der Waals surface area contributed by atoms with E-state index in [0.29, 0.717) is 25.7 Å². The fourth-order valence-corrected chi connectivity index (χ4v) is 13.0. The fourth-order valence-electron chi connectivity index (χ4n) is 11.4. The zero-order chi connectivity index (χ0) is 69.6. The topological polar surface area (TPSA) is 237 Å². The number of ether oxygens (including phenoxy) is 4. The smallest absolute Gasteiger partial charge is 0.462 e. The summed E-state index contributed by atoms with van der Waals surface area (Å²) < 4.78 is 68.4. The van der Waals surface area contributed by atoms with E-state index in [1.807, 2.05) is 0 Å². The second-order valence-electron chi connectivity index (χ2n) is 28.9. The number of phosphoric ester groups is 2. The van der Waals surface area contributed by atoms with Gasteiger partial charge in [0.2, 0.25) is 0 Å². The van der Waals surface area contributed by atoms with E-state index in [1.54, 1.807) is 0 Å². The van der Waals surface area contributed by atoms with Crippen molar-refractivity contribution in [3.05, 3.63) is 0 Å². The first-order chi connectivity index (χ1) is 45.1. The summed E-state index contributed by atoms with van der Waals surface area (Å²) in [6.07, 6.45) is 48.8. The van der Waals surface area contributed by atoms with Crippen LogP contribution in [0.5, 0.6) is 0 Å². The lowest BCUT2D eigenvalue weighted by atomic mass is 10.0. The highest BCUT2D eigenvalue weighted by Crippen LogP contribution is 2.45. The zero-order valence-corrected chi connectivity index (χ0v) is 63.4. The maximum Gasteiger partial charge on any atom is 0.472 e. The lowest BCUT2D eigenvalue weighted by molar-refractivity contribution is -0.161. The van der Waals surface area contributed by atoms with Gasteiger partial charge < -0.3 is 33.8 Å². The van der Waals surface area contributed by atoms with Crippen LogP contribution in [0.2, 0.25) is 0 Å². The van der Waals surface area contributed by atoms with Gasteiger partial charge >= 0.3 is 39.5 Å². The van der Waals surface area contributed by atoms with E-state index in [2.05, 4.69) is 55.4 Å². The predicted molar refractivity (Wildman–Crippen MR) is 381 cm³/mol. The van der Waals surface area contributed by atoms with Gasteiger partial charge in [0, 0.05) is 25.7 Å². The molecule has 0 fully saturated rings. The van der Waals surface area contributed by atoms with Crippen molar-refractivity contribution in [1.29, 1.82) is 0 Å². The highest BCUT2D eigenvalue weighted by Gasteiger charge is 2.30. The van der Waals surface area contributed by atoms with Gasteiger partial charge in [-0.3, -0.25) is 37.3 Å². The zero-order valence-electron chi connectivity index (χ0n) is 61.6. The molecule has 0 aromatic heterocycles. The molecule has 0 radical (unpaired) electrons. The van der Waals surface area contributed by atoms with E-state index >= 15 is 0 Å². The first-order valence-corrected chi connectivity index (χ1v) is 41.7. The van der Waals surface area contributed by atoms with Crippen LogP contribution in [-0.2, 0) is 65.4 Å². The molecule has 0 aliphatic carbocycles. The molecule has 19 heteroatoms. The molecule has 0 saturated heterocycles. The summed E-state index contributed by atoms with van der Waals surface area (Å²) >= 11 is 0. The highest BCUT2D eigenvalue weighted by atomic mass is 31.2. The lowest BCUT2D eigenvalue weighted by Gasteiger charge is -2.21. The molecule has 5 atom stereocenters. The Bertz CT molecular complexity index is 1850. The minimum atomic E-state index is -4.96. The molecule has 3 N–H and O–H groups in total. The number of esters is 4. The summed E-state index contributed by atoms with van der Waals surface area (Å²) in [7, 11) is -9.91. The molecule has 17 nitrogen and oxygen atoms in total. The van der Waals surface area contributed by atoms with Crippen molar-refractivity contribution in [2.45, 2.75) is 395 Å². The van der Waals surface area contributed by atoms with Gasteiger partial charge in [-0.15, -0.1) is 0 Å². The Hall–Kier alpha value is -1.94. The van der Waals surface area contributed by atoms with Crippen LogP contribution in [0.15, 0.2) is 0 Å². The maximum absolute atomic E-state index is 13.1. The molecule has 3 unspecified atom stereocenters. The van der Waals surface area contributed by atoms with Crippen LogP contribution >= 0.6 is 15.6 Å². The Morgan fingerprint density at radius 1 is 0.266 bits per heavy atom. The number of rotatable bonds is 72. The second kappa shape index (κ2) is 64.4. The van der Waals surface area contributed by atoms with E-state index in [1.165, 1.54) is 180 Å². The maximum atomic E-state index is 13.1. The molecule has 0 aromatic carbocycles. The normalized spacial score (nSPS) is 14.2. The Kier molecular flexibility index (Phi) is 63.1. The third-order valence-corrected chi connectivity index (χ3v) is 19.2. The SMILES string of the molecule is CC(C)CCCCCCCCCCCCCCCCCCCCC(=O)O[C@H](COC(=O)CCCCCCCCCCC(C)C)COP(=O)(O)OCC(O)COP(=O)(O)OC[C@@H](COC(=O)CCCCCCCCCCC(C)C)OC(=O)CCCCCCCCCCC(C)C. The number of aliphatic hydroxyl groups excluding tert-OH is 1. The van der Waals surface area contributed by atoms with Gasteiger partial charge in [-0.25, -0.2) is 9.13 Å². The van der Waals surface area contributed by atoms with Gasteiger partial charge in [0.15, 0.2) is 12.2 Å². The average molecular weight is 1380 g/mol. The molecular formula is C75H146O17P2. The monoisotopic (exact) mass is 1380 g/mol. The number of carbonyl (C=O) groups excluding carboxylic acids is 4. The number of carbonyl (C=O) groups is 4. The van der Waals surface area contributed by atoms with E-state index < -0.39 is 97.5 Å². The number of hydrogen-bond acceptors (Lipinski definition) is 15. The molecule has 558 valence electrons. The lowest BCUT2D eigenvalue weighted by Crippen LogP contribution is -2.30. The van der Waals surface area contributed by atoms with Crippen LogP contribution in [0, 0.1) is 23.7 Å². The number of hydrogen-bond donors (Lipinski definition) is 3. The molecule has 0 amide bonds. The van der Waals surface area contributed by atoms with Gasteiger partial charge in [0.25, 0.3) is 0 Å². The molecule has 0 aromatic rings. The Morgan fingerprint density at radius 2 is 0.447 bits per heavy atom. The Morgan fingerprint density at radius 3 is 0.660 bits per heavy atom. The summed E-state index contributed by atoms with van der Waals surface area (Å²) in [5, 5.41) is 10.6. The third kappa shape index (κ3) is 68.6. The highest BCUT2D eigenvalue weighted by molar-refractivity contribution is 7.47. The summed E-state index contributed by atoms with van der Waals surface area (Å²) in [6.45, 7) is 14.1. The van der Waals surface area contributed by atoms with Crippen LogP contribution in [0.4, 0.5) is 0 Å². The van der Waals surface area contributed by atoms with E-state index in [-0.39, 0.29) is 25.7 Å². The number of unbranched alkanes of at least 4 members (excludes halogenated alkanes) is 38. The standard InChI is InChI=1S/C75H146O17P2/c1-65(2)51-43-35-27-19-17-15-13-11-9-10-12-14-16-18-20-33-41-49-57-74(79)91-70(61-85-72(77)55-47-39-31-24-21-28-36-44-52-66(3)4)63-89-93(81,82)87-59-69(76)60-88-94(83,84)90-64-71(92-75(80)58-50-42-34-26-23-30-38-46-54-68(7)8)62-86-73(78)56-48-40-32-25-22-29-37-45-53-67(5)6/h65-71,76H,9-64H2,1-8H3,(H,81,82)(H,83,84)/t69?,70-,71-/m1/s1. The molecule has 0 bridgehead atoms. The van der Waals surface area contributed by atoms with Crippen molar-refractivity contribution in [2.75, 3.05) is 39.6 Å². The van der Waals surface area contributed by atoms with Gasteiger partial charge in [0.1, 0.15) is 19.3 Å². The minimum Gasteiger partial charge on any atom is -0.462 e. The summed E-state index contributed by atoms with van der Waals surface area (Å²) in [4.78, 5) is 72.7.